The van der Waals surface area contributed by atoms with Gasteiger partial charge in [0.05, 0.1) is 0 Å². The first-order valence-corrected chi connectivity index (χ1v) is 7.24. The normalized spacial score (nSPS) is 25.2. The molecule has 20 heavy (non-hydrogen) atoms. The minimum absolute atomic E-state index is 0. The summed E-state index contributed by atoms with van der Waals surface area (Å²) in [7, 11) is 1.84. The maximum absolute atomic E-state index is 6.03. The van der Waals surface area contributed by atoms with Crippen LogP contribution in [0.4, 0.5) is 0 Å². The fourth-order valence-corrected chi connectivity index (χ4v) is 4.10. The summed E-state index contributed by atoms with van der Waals surface area (Å²) in [5.74, 6) is 0. The Morgan fingerprint density at radius 2 is 1.90 bits per heavy atom. The number of rotatable bonds is 3. The van der Waals surface area contributed by atoms with Gasteiger partial charge >= 0.3 is 122 Å². The number of allylic oxidation sites excluding steroid dienone is 5. The van der Waals surface area contributed by atoms with Gasteiger partial charge in [0.15, 0.2) is 0 Å². The first kappa shape index (κ1) is 20.2. The van der Waals surface area contributed by atoms with Crippen LogP contribution in [0.1, 0.15) is 33.6 Å². The number of hydrogen-bond donors (Lipinski definition) is 0. The summed E-state index contributed by atoms with van der Waals surface area (Å²) in [5, 5.41) is 0. The van der Waals surface area contributed by atoms with Crippen LogP contribution in [-0.2, 0) is 25.2 Å². The van der Waals surface area contributed by atoms with Crippen molar-refractivity contribution in [3.05, 3.63) is 45.4 Å². The van der Waals surface area contributed by atoms with Crippen molar-refractivity contribution in [3.8, 4) is 0 Å². The molecule has 0 fully saturated rings. The molecule has 2 aliphatic carbocycles. The van der Waals surface area contributed by atoms with Crippen molar-refractivity contribution in [2.24, 2.45) is 5.41 Å². The van der Waals surface area contributed by atoms with Crippen molar-refractivity contribution >= 4 is 0 Å². The first-order chi connectivity index (χ1) is 8.45. The molecule has 0 aromatic heterocycles. The van der Waals surface area contributed by atoms with Crippen molar-refractivity contribution < 1.29 is 50.0 Å². The third-order valence-electron chi connectivity index (χ3n) is 4.49. The van der Waals surface area contributed by atoms with E-state index in [2.05, 4.69) is 71.6 Å². The second kappa shape index (κ2) is 7.47. The van der Waals surface area contributed by atoms with Gasteiger partial charge in [0.2, 0.25) is 0 Å². The Balaban J connectivity index is 0.00000180. The van der Waals surface area contributed by atoms with Crippen molar-refractivity contribution in [1.29, 1.82) is 0 Å². The Labute approximate surface area is 146 Å². The van der Waals surface area contributed by atoms with Crippen molar-refractivity contribution in [2.75, 3.05) is 7.11 Å². The molecule has 0 aromatic carbocycles. The second-order valence-electron chi connectivity index (χ2n) is 5.64. The monoisotopic (exact) mass is 347 g/mol. The third kappa shape index (κ3) is 3.03. The number of halogens is 2. The van der Waals surface area contributed by atoms with Gasteiger partial charge in [0.1, 0.15) is 0 Å². The average Bonchev–Trinajstić information content (AvgIpc) is 2.76. The minimum atomic E-state index is -0.215. The molecule has 0 heterocycles. The first-order valence-electron chi connectivity index (χ1n) is 6.46. The maximum atomic E-state index is 6.03. The van der Waals surface area contributed by atoms with Crippen LogP contribution in [0.3, 0.4) is 0 Å². The van der Waals surface area contributed by atoms with E-state index in [0.29, 0.717) is 0 Å². The smallest absolute Gasteiger partial charge is 1.00 e. The van der Waals surface area contributed by atoms with Crippen molar-refractivity contribution in [3.63, 3.8) is 0 Å². The van der Waals surface area contributed by atoms with Gasteiger partial charge < -0.3 is 24.8 Å². The van der Waals surface area contributed by atoms with E-state index in [9.17, 15) is 0 Å². The van der Waals surface area contributed by atoms with Gasteiger partial charge in [-0.1, -0.05) is 0 Å². The minimum Gasteiger partial charge on any atom is -1.00 e. The molecule has 0 amide bonds. The van der Waals surface area contributed by atoms with Crippen LogP contribution in [0.2, 0.25) is 0 Å². The molecule has 0 saturated heterocycles. The molecule has 0 aromatic rings. The molecule has 0 bridgehead atoms. The van der Waals surface area contributed by atoms with E-state index in [4.69, 9.17) is 4.74 Å². The summed E-state index contributed by atoms with van der Waals surface area (Å²) >= 11 is 2.23. The summed E-state index contributed by atoms with van der Waals surface area (Å²) in [5.41, 5.74) is 2.53. The molecule has 0 saturated carbocycles. The molecule has 4 heteroatoms. The van der Waals surface area contributed by atoms with Gasteiger partial charge in [0.25, 0.3) is 0 Å². The van der Waals surface area contributed by atoms with E-state index in [1.807, 2.05) is 7.11 Å². The summed E-state index contributed by atoms with van der Waals surface area (Å²) in [6.45, 7) is 6.80. The zero-order valence-electron chi connectivity index (χ0n) is 12.5. The van der Waals surface area contributed by atoms with Gasteiger partial charge in [-0.3, -0.25) is 0 Å². The summed E-state index contributed by atoms with van der Waals surface area (Å²) in [4.78, 5) is 0. The molecule has 1 nitrogen and oxygen atoms in total. The van der Waals surface area contributed by atoms with Crippen molar-refractivity contribution in [1.82, 2.24) is 0 Å². The summed E-state index contributed by atoms with van der Waals surface area (Å²) in [6, 6.07) is 0. The molecule has 0 radical (unpaired) electrons. The van der Waals surface area contributed by atoms with Crippen LogP contribution in [0, 0.1) is 5.41 Å². The second-order valence-corrected chi connectivity index (χ2v) is 6.58. The maximum Gasteiger partial charge on any atom is -1.00 e. The molecule has 1 atom stereocenters. The fraction of sp³-hybridized carbons (Fsp3) is 0.500. The third-order valence-corrected chi connectivity index (χ3v) is 5.23. The van der Waals surface area contributed by atoms with E-state index < -0.39 is 0 Å². The summed E-state index contributed by atoms with van der Waals surface area (Å²) < 4.78 is 7.50. The molecule has 1 unspecified atom stereocenters. The molecule has 2 rings (SSSR count). The van der Waals surface area contributed by atoms with E-state index in [1.165, 1.54) is 15.0 Å². The number of methoxy groups -OCH3 is 1. The number of ether oxygens (including phenoxy) is 1. The Bertz CT molecular complexity index is 475. The molecule has 2 aliphatic rings. The Hall–Kier alpha value is 0.214. The molecule has 109 valence electrons. The van der Waals surface area contributed by atoms with Crippen molar-refractivity contribution in [2.45, 2.75) is 39.2 Å². The van der Waals surface area contributed by atoms with Gasteiger partial charge in [-0.05, 0) is 0 Å². The Morgan fingerprint density at radius 1 is 1.25 bits per heavy atom. The molecular formula is C16H21Cl2OTi. The quantitative estimate of drug-likeness (QED) is 0.540. The number of hydrogen-bond acceptors (Lipinski definition) is 1. The molecular weight excluding hydrogens is 327 g/mol. The van der Waals surface area contributed by atoms with E-state index in [0.717, 1.165) is 12.8 Å². The Morgan fingerprint density at radius 3 is 2.35 bits per heavy atom. The van der Waals surface area contributed by atoms with Crippen LogP contribution < -0.4 is 24.8 Å². The summed E-state index contributed by atoms with van der Waals surface area (Å²) in [6.07, 6.45) is 13.1. The van der Waals surface area contributed by atoms with E-state index >= 15 is 0 Å². The molecule has 0 aliphatic heterocycles. The SMILES string of the molecule is COC1(C(C)(C)C2=[C]([Ti+2])CC=C2)CC=CC=C1C.[Cl-].[Cl-]. The molecule has 0 spiro atoms. The van der Waals surface area contributed by atoms with Gasteiger partial charge in [0, 0.05) is 0 Å². The van der Waals surface area contributed by atoms with E-state index in [1.54, 1.807) is 0 Å². The Kier molecular flexibility index (Phi) is 7.55. The van der Waals surface area contributed by atoms with Gasteiger partial charge in [-0.2, -0.15) is 0 Å². The molecule has 0 N–H and O–H groups in total. The standard InChI is InChI=1S/C16H21O.2ClH.Ti/c1-13-9-7-8-12-16(13,17-4)15(2,3)14-10-5-6-11-14;;;/h5,7-10H,6,12H2,1-4H3;2*1H;/q;;;+2/p-2. The van der Waals surface area contributed by atoms with E-state index in [-0.39, 0.29) is 35.8 Å². The zero-order chi connectivity index (χ0) is 13.4. The zero-order valence-corrected chi connectivity index (χ0v) is 15.5. The van der Waals surface area contributed by atoms with Gasteiger partial charge in [-0.25, -0.2) is 0 Å². The average molecular weight is 348 g/mol. The predicted molar refractivity (Wildman–Crippen MR) is 71.8 cm³/mol. The topological polar surface area (TPSA) is 9.23 Å². The van der Waals surface area contributed by atoms with Crippen LogP contribution in [0.5, 0.6) is 0 Å². The van der Waals surface area contributed by atoms with Gasteiger partial charge in [-0.15, -0.1) is 0 Å². The fourth-order valence-electron chi connectivity index (χ4n) is 3.30. The van der Waals surface area contributed by atoms with Crippen LogP contribution >= 0.6 is 0 Å². The predicted octanol–water partition coefficient (Wildman–Crippen LogP) is -1.93. The van der Waals surface area contributed by atoms with Crippen LogP contribution in [0.25, 0.3) is 0 Å². The largest absolute Gasteiger partial charge is 1.00 e. The van der Waals surface area contributed by atoms with Crippen LogP contribution in [0.15, 0.2) is 45.4 Å². The van der Waals surface area contributed by atoms with Crippen LogP contribution in [-0.4, -0.2) is 12.7 Å².